The average Bonchev–Trinajstić information content (AvgIpc) is 2.15. The highest BCUT2D eigenvalue weighted by Crippen LogP contribution is 2.30. The van der Waals surface area contributed by atoms with Gasteiger partial charge in [-0.05, 0) is 30.9 Å². The van der Waals surface area contributed by atoms with E-state index in [9.17, 15) is 0 Å². The minimum atomic E-state index is 0.464. The van der Waals surface area contributed by atoms with Crippen LogP contribution in [0.15, 0.2) is 30.3 Å². The van der Waals surface area contributed by atoms with Crippen molar-refractivity contribution in [2.75, 3.05) is 11.9 Å². The van der Waals surface area contributed by atoms with Crippen LogP contribution in [-0.2, 0) is 0 Å². The van der Waals surface area contributed by atoms with Crippen molar-refractivity contribution in [2.24, 2.45) is 11.7 Å². The predicted molar refractivity (Wildman–Crippen MR) is 60.2 cm³/mol. The monoisotopic (exact) mass is 190 g/mol. The summed E-state index contributed by atoms with van der Waals surface area (Å²) in [5.74, 6) is 0.792. The van der Waals surface area contributed by atoms with E-state index in [-0.39, 0.29) is 0 Å². The topological polar surface area (TPSA) is 38.0 Å². The number of anilines is 1. The summed E-state index contributed by atoms with van der Waals surface area (Å²) in [5.41, 5.74) is 6.96. The van der Waals surface area contributed by atoms with E-state index in [1.807, 2.05) is 6.07 Å². The second-order valence-electron chi connectivity index (χ2n) is 4.04. The maximum absolute atomic E-state index is 5.77. The normalized spacial score (nSPS) is 18.6. The molecule has 3 N–H and O–H groups in total. The zero-order chi connectivity index (χ0) is 9.80. The van der Waals surface area contributed by atoms with Crippen LogP contribution >= 0.6 is 0 Å². The second-order valence-corrected chi connectivity index (χ2v) is 4.04. The van der Waals surface area contributed by atoms with Crippen LogP contribution in [-0.4, -0.2) is 12.6 Å². The highest BCUT2D eigenvalue weighted by Gasteiger charge is 2.25. The molecule has 0 saturated heterocycles. The fraction of sp³-hybridized carbons (Fsp3) is 0.500. The molecule has 1 atom stereocenters. The van der Waals surface area contributed by atoms with Crippen LogP contribution in [0.2, 0.25) is 0 Å². The lowest BCUT2D eigenvalue weighted by molar-refractivity contribution is 0.278. The maximum atomic E-state index is 5.77. The van der Waals surface area contributed by atoms with E-state index < -0.39 is 0 Å². The Bertz CT molecular complexity index is 267. The van der Waals surface area contributed by atoms with Crippen molar-refractivity contribution in [3.8, 4) is 0 Å². The highest BCUT2D eigenvalue weighted by molar-refractivity contribution is 5.43. The van der Waals surface area contributed by atoms with Gasteiger partial charge in [0, 0.05) is 18.3 Å². The van der Waals surface area contributed by atoms with Crippen LogP contribution in [0.1, 0.15) is 19.3 Å². The number of hydrogen-bond donors (Lipinski definition) is 2. The third-order valence-corrected chi connectivity index (χ3v) is 3.10. The molecule has 1 unspecified atom stereocenters. The quantitative estimate of drug-likeness (QED) is 0.764. The summed E-state index contributed by atoms with van der Waals surface area (Å²) in [6.45, 7) is 0.736. The van der Waals surface area contributed by atoms with Gasteiger partial charge in [-0.2, -0.15) is 0 Å². The zero-order valence-electron chi connectivity index (χ0n) is 8.45. The van der Waals surface area contributed by atoms with Gasteiger partial charge in [0.1, 0.15) is 0 Å². The van der Waals surface area contributed by atoms with E-state index in [1.54, 1.807) is 0 Å². The molecule has 0 spiro atoms. The number of benzene rings is 1. The highest BCUT2D eigenvalue weighted by atomic mass is 14.9. The Morgan fingerprint density at radius 2 is 2.00 bits per heavy atom. The van der Waals surface area contributed by atoms with Gasteiger partial charge in [-0.3, -0.25) is 0 Å². The Morgan fingerprint density at radius 3 is 2.50 bits per heavy atom. The van der Waals surface area contributed by atoms with Gasteiger partial charge >= 0.3 is 0 Å². The number of nitrogens with two attached hydrogens (primary N) is 1. The fourth-order valence-corrected chi connectivity index (χ4v) is 1.96. The van der Waals surface area contributed by atoms with E-state index in [0.717, 1.165) is 12.5 Å². The smallest absolute Gasteiger partial charge is 0.0411 e. The Hall–Kier alpha value is -1.02. The van der Waals surface area contributed by atoms with Crippen LogP contribution in [0, 0.1) is 5.92 Å². The van der Waals surface area contributed by atoms with E-state index in [1.165, 1.54) is 24.9 Å². The Balaban J connectivity index is 1.94. The molecule has 2 rings (SSSR count). The molecule has 1 fully saturated rings. The molecule has 0 aromatic heterocycles. The lowest BCUT2D eigenvalue weighted by Gasteiger charge is -2.34. The van der Waals surface area contributed by atoms with Gasteiger partial charge in [0.2, 0.25) is 0 Å². The minimum Gasteiger partial charge on any atom is -0.381 e. The molecular weight excluding hydrogens is 172 g/mol. The Kier molecular flexibility index (Phi) is 3.04. The largest absolute Gasteiger partial charge is 0.381 e. The van der Waals surface area contributed by atoms with Gasteiger partial charge in [0.25, 0.3) is 0 Å². The lowest BCUT2D eigenvalue weighted by Crippen LogP contribution is -2.39. The first-order valence-electron chi connectivity index (χ1n) is 5.42. The van der Waals surface area contributed by atoms with Crippen molar-refractivity contribution in [1.29, 1.82) is 0 Å². The van der Waals surface area contributed by atoms with Gasteiger partial charge in [0.05, 0.1) is 0 Å². The summed E-state index contributed by atoms with van der Waals surface area (Å²) in [6.07, 6.45) is 4.04. The number of para-hydroxylation sites is 1. The molecule has 0 heterocycles. The Labute approximate surface area is 85.5 Å². The fourth-order valence-electron chi connectivity index (χ4n) is 1.96. The van der Waals surface area contributed by atoms with Crippen LogP contribution in [0.3, 0.4) is 0 Å². The molecule has 0 aliphatic heterocycles. The van der Waals surface area contributed by atoms with Crippen molar-refractivity contribution in [1.82, 2.24) is 0 Å². The van der Waals surface area contributed by atoms with Crippen molar-refractivity contribution in [3.05, 3.63) is 30.3 Å². The first-order valence-corrected chi connectivity index (χ1v) is 5.42. The third-order valence-electron chi connectivity index (χ3n) is 3.10. The van der Waals surface area contributed by atoms with Crippen molar-refractivity contribution in [2.45, 2.75) is 25.3 Å². The minimum absolute atomic E-state index is 0.464. The molecule has 0 bridgehead atoms. The zero-order valence-corrected chi connectivity index (χ0v) is 8.45. The van der Waals surface area contributed by atoms with Crippen LogP contribution in [0.25, 0.3) is 0 Å². The van der Waals surface area contributed by atoms with Crippen molar-refractivity contribution < 1.29 is 0 Å². The van der Waals surface area contributed by atoms with Gasteiger partial charge in [-0.15, -0.1) is 0 Å². The first-order chi connectivity index (χ1) is 6.90. The molecule has 1 saturated carbocycles. The SMILES string of the molecule is NCC(Nc1ccccc1)C1CCC1. The summed E-state index contributed by atoms with van der Waals surface area (Å²) < 4.78 is 0. The molecule has 2 heteroatoms. The molecule has 1 aliphatic carbocycles. The van der Waals surface area contributed by atoms with Gasteiger partial charge in [0.15, 0.2) is 0 Å². The molecule has 1 aliphatic rings. The van der Waals surface area contributed by atoms with E-state index in [0.29, 0.717) is 6.04 Å². The molecule has 1 aromatic rings. The van der Waals surface area contributed by atoms with Gasteiger partial charge < -0.3 is 11.1 Å². The number of rotatable bonds is 4. The molecule has 0 amide bonds. The van der Waals surface area contributed by atoms with E-state index >= 15 is 0 Å². The summed E-state index contributed by atoms with van der Waals surface area (Å²) in [6, 6.07) is 10.8. The summed E-state index contributed by atoms with van der Waals surface area (Å²) in [7, 11) is 0. The molecule has 0 radical (unpaired) electrons. The Morgan fingerprint density at radius 1 is 1.29 bits per heavy atom. The molecule has 2 nitrogen and oxygen atoms in total. The molecular formula is C12H18N2. The van der Waals surface area contributed by atoms with Crippen LogP contribution < -0.4 is 11.1 Å². The van der Waals surface area contributed by atoms with Crippen molar-refractivity contribution in [3.63, 3.8) is 0 Å². The van der Waals surface area contributed by atoms with Gasteiger partial charge in [-0.25, -0.2) is 0 Å². The van der Waals surface area contributed by atoms with E-state index in [4.69, 9.17) is 5.73 Å². The van der Waals surface area contributed by atoms with Crippen molar-refractivity contribution >= 4 is 5.69 Å². The second kappa shape index (κ2) is 4.47. The first kappa shape index (κ1) is 9.53. The van der Waals surface area contributed by atoms with Crippen LogP contribution in [0.5, 0.6) is 0 Å². The van der Waals surface area contributed by atoms with E-state index in [2.05, 4.69) is 29.6 Å². The van der Waals surface area contributed by atoms with Gasteiger partial charge in [-0.1, -0.05) is 24.6 Å². The molecule has 1 aromatic carbocycles. The summed E-state index contributed by atoms with van der Waals surface area (Å²) >= 11 is 0. The summed E-state index contributed by atoms with van der Waals surface area (Å²) in [5, 5.41) is 3.51. The summed E-state index contributed by atoms with van der Waals surface area (Å²) in [4.78, 5) is 0. The van der Waals surface area contributed by atoms with Crippen LogP contribution in [0.4, 0.5) is 5.69 Å². The molecule has 14 heavy (non-hydrogen) atoms. The standard InChI is InChI=1S/C12H18N2/c13-9-12(10-5-4-6-10)14-11-7-2-1-3-8-11/h1-3,7-8,10,12,14H,4-6,9,13H2. The molecule has 76 valence electrons. The number of nitrogens with one attached hydrogen (secondary N) is 1. The third kappa shape index (κ3) is 2.07. The predicted octanol–water partition coefficient (Wildman–Crippen LogP) is 2.23. The average molecular weight is 190 g/mol. The maximum Gasteiger partial charge on any atom is 0.0411 e. The number of hydrogen-bond acceptors (Lipinski definition) is 2. The lowest BCUT2D eigenvalue weighted by atomic mass is 9.79.